The molecule has 8 heteroatoms. The molecule has 7 nitrogen and oxygen atoms in total. The monoisotopic (exact) mass is 365 g/mol. The molecule has 2 heterocycles. The molecule has 2 atom stereocenters. The molecule has 25 heavy (non-hydrogen) atoms. The molecule has 3 fully saturated rings. The van der Waals surface area contributed by atoms with Crippen molar-refractivity contribution < 1.29 is 19.1 Å². The highest BCUT2D eigenvalue weighted by Crippen LogP contribution is 2.47. The molecule has 0 unspecified atom stereocenters. The smallest absolute Gasteiger partial charge is 0.330 e. The number of carbonyl (C=O) groups is 3. The lowest BCUT2D eigenvalue weighted by Gasteiger charge is -2.31. The number of hydrogen-bond donors (Lipinski definition) is 1. The van der Waals surface area contributed by atoms with Gasteiger partial charge < -0.3 is 15.0 Å². The van der Waals surface area contributed by atoms with E-state index in [0.29, 0.717) is 25.0 Å². The van der Waals surface area contributed by atoms with Crippen LogP contribution >= 0.6 is 11.8 Å². The zero-order valence-electron chi connectivity index (χ0n) is 14.4. The Morgan fingerprint density at radius 2 is 2.08 bits per heavy atom. The first-order chi connectivity index (χ1) is 11.9. The third kappa shape index (κ3) is 3.47. The van der Waals surface area contributed by atoms with Gasteiger partial charge in [-0.15, -0.1) is 11.8 Å². The number of nitriles is 1. The van der Waals surface area contributed by atoms with E-state index in [2.05, 4.69) is 11.4 Å². The molecular formula is C17H23N3O4S. The van der Waals surface area contributed by atoms with E-state index in [1.807, 2.05) is 6.92 Å². The van der Waals surface area contributed by atoms with Gasteiger partial charge in [0.25, 0.3) is 5.91 Å². The Balaban J connectivity index is 1.53. The minimum Gasteiger partial charge on any atom is -0.454 e. The van der Waals surface area contributed by atoms with E-state index in [-0.39, 0.29) is 10.8 Å². The number of esters is 1. The number of fused-ring (bicyclic) bond motifs is 1. The topological polar surface area (TPSA) is 99.5 Å². The van der Waals surface area contributed by atoms with E-state index >= 15 is 0 Å². The minimum atomic E-state index is -0.839. The third-order valence-corrected chi connectivity index (χ3v) is 6.87. The van der Waals surface area contributed by atoms with Crippen LogP contribution in [0.3, 0.4) is 0 Å². The van der Waals surface area contributed by atoms with E-state index in [1.54, 1.807) is 16.7 Å². The molecule has 2 aliphatic heterocycles. The molecule has 2 saturated heterocycles. The molecular weight excluding hydrogens is 342 g/mol. The molecule has 0 aromatic carbocycles. The van der Waals surface area contributed by atoms with Gasteiger partial charge in [-0.1, -0.05) is 19.3 Å². The summed E-state index contributed by atoms with van der Waals surface area (Å²) in [6.45, 7) is 1.55. The van der Waals surface area contributed by atoms with Gasteiger partial charge in [0.15, 0.2) is 6.61 Å². The second-order valence-electron chi connectivity index (χ2n) is 7.18. The molecule has 3 rings (SSSR count). The molecule has 0 radical (unpaired) electrons. The first kappa shape index (κ1) is 18.1. The Labute approximate surface area is 151 Å². The van der Waals surface area contributed by atoms with Crippen molar-refractivity contribution in [1.82, 2.24) is 10.2 Å². The van der Waals surface area contributed by atoms with Gasteiger partial charge in [-0.2, -0.15) is 5.26 Å². The molecule has 0 bridgehead atoms. The second kappa shape index (κ2) is 6.87. The zero-order chi connectivity index (χ0) is 18.1. The molecule has 2 amide bonds. The lowest BCUT2D eigenvalue weighted by Crippen LogP contribution is -2.51. The molecule has 0 aromatic heterocycles. The van der Waals surface area contributed by atoms with Crippen molar-refractivity contribution in [1.29, 1.82) is 5.26 Å². The maximum Gasteiger partial charge on any atom is 0.330 e. The summed E-state index contributed by atoms with van der Waals surface area (Å²) in [5.41, 5.74) is -0.839. The molecule has 0 aromatic rings. The Kier molecular flexibility index (Phi) is 4.96. The predicted octanol–water partition coefficient (Wildman–Crippen LogP) is 1.33. The van der Waals surface area contributed by atoms with Gasteiger partial charge >= 0.3 is 5.97 Å². The zero-order valence-corrected chi connectivity index (χ0v) is 15.2. The van der Waals surface area contributed by atoms with E-state index < -0.39 is 30.1 Å². The van der Waals surface area contributed by atoms with E-state index in [0.717, 1.165) is 25.7 Å². The normalized spacial score (nSPS) is 30.5. The second-order valence-corrected chi connectivity index (χ2v) is 8.68. The maximum atomic E-state index is 12.3. The molecule has 3 aliphatic rings. The average Bonchev–Trinajstić information content (AvgIpc) is 3.10. The highest BCUT2D eigenvalue weighted by atomic mass is 32.2. The summed E-state index contributed by atoms with van der Waals surface area (Å²) in [4.78, 5) is 37.8. The molecule has 1 saturated carbocycles. The Hall–Kier alpha value is -1.75. The van der Waals surface area contributed by atoms with Crippen LogP contribution in [0.15, 0.2) is 0 Å². The number of hydrogen-bond acceptors (Lipinski definition) is 6. The molecule has 1 aliphatic carbocycles. The van der Waals surface area contributed by atoms with Gasteiger partial charge in [0, 0.05) is 12.2 Å². The van der Waals surface area contributed by atoms with Crippen molar-refractivity contribution in [2.24, 2.45) is 0 Å². The maximum absolute atomic E-state index is 12.3. The van der Waals surface area contributed by atoms with Crippen LogP contribution in [0.4, 0.5) is 0 Å². The van der Waals surface area contributed by atoms with Gasteiger partial charge in [-0.05, 0) is 26.2 Å². The lowest BCUT2D eigenvalue weighted by molar-refractivity contribution is -0.156. The van der Waals surface area contributed by atoms with Gasteiger partial charge in [0.1, 0.15) is 11.6 Å². The number of thioether (sulfide) groups is 1. The van der Waals surface area contributed by atoms with Crippen molar-refractivity contribution in [3.63, 3.8) is 0 Å². The standard InChI is InChI=1S/C17H23N3O4S/c1-16-8-5-14(22)20(16)12(10-25-16)15(23)24-9-13(21)19-17(11-18)6-3-2-4-7-17/h12H,2-10H2,1H3,(H,19,21)/t12-,16+/m0/s1. The number of carbonyl (C=O) groups excluding carboxylic acids is 3. The fourth-order valence-corrected chi connectivity index (χ4v) is 5.37. The van der Waals surface area contributed by atoms with Crippen molar-refractivity contribution >= 4 is 29.5 Å². The summed E-state index contributed by atoms with van der Waals surface area (Å²) >= 11 is 1.58. The number of ether oxygens (including phenoxy) is 1. The summed E-state index contributed by atoms with van der Waals surface area (Å²) in [5, 5.41) is 12.1. The number of amides is 2. The van der Waals surface area contributed by atoms with Gasteiger partial charge in [-0.3, -0.25) is 9.59 Å². The fraction of sp³-hybridized carbons (Fsp3) is 0.765. The number of nitrogens with zero attached hydrogens (tertiary/aromatic N) is 2. The Morgan fingerprint density at radius 3 is 2.76 bits per heavy atom. The first-order valence-electron chi connectivity index (χ1n) is 8.74. The van der Waals surface area contributed by atoms with Crippen molar-refractivity contribution in [3.05, 3.63) is 0 Å². The van der Waals surface area contributed by atoms with Crippen molar-refractivity contribution in [3.8, 4) is 6.07 Å². The highest BCUT2D eigenvalue weighted by Gasteiger charge is 2.53. The van der Waals surface area contributed by atoms with Crippen LogP contribution in [-0.2, 0) is 19.1 Å². The Bertz CT molecular complexity index is 626. The largest absolute Gasteiger partial charge is 0.454 e. The lowest BCUT2D eigenvalue weighted by atomic mass is 9.83. The third-order valence-electron chi connectivity index (χ3n) is 5.36. The van der Waals surface area contributed by atoms with Crippen molar-refractivity contribution in [2.75, 3.05) is 12.4 Å². The van der Waals surface area contributed by atoms with Crippen LogP contribution in [0.25, 0.3) is 0 Å². The van der Waals surface area contributed by atoms with Gasteiger partial charge in [0.05, 0.1) is 10.9 Å². The van der Waals surface area contributed by atoms with E-state index in [1.165, 1.54) is 0 Å². The summed E-state index contributed by atoms with van der Waals surface area (Å²) in [6, 6.07) is 1.58. The van der Waals surface area contributed by atoms with Crippen molar-refractivity contribution in [2.45, 2.75) is 68.3 Å². The van der Waals surface area contributed by atoms with Gasteiger partial charge in [-0.25, -0.2) is 4.79 Å². The summed E-state index contributed by atoms with van der Waals surface area (Å²) in [7, 11) is 0. The molecule has 1 N–H and O–H groups in total. The van der Waals surface area contributed by atoms with Crippen LogP contribution < -0.4 is 5.32 Å². The van der Waals surface area contributed by atoms with E-state index in [9.17, 15) is 19.6 Å². The van der Waals surface area contributed by atoms with Crippen LogP contribution in [-0.4, -0.2) is 51.5 Å². The van der Waals surface area contributed by atoms with Crippen LogP contribution in [0.2, 0.25) is 0 Å². The Morgan fingerprint density at radius 1 is 1.36 bits per heavy atom. The molecule has 136 valence electrons. The summed E-state index contributed by atoms with van der Waals surface area (Å²) in [5.74, 6) is -0.552. The quantitative estimate of drug-likeness (QED) is 0.755. The number of rotatable bonds is 4. The van der Waals surface area contributed by atoms with E-state index in [4.69, 9.17) is 4.74 Å². The molecule has 0 spiro atoms. The SMILES string of the molecule is C[C@@]12CCC(=O)N1[C@H](C(=O)OCC(=O)NC1(C#N)CCCCC1)CS2. The highest BCUT2D eigenvalue weighted by molar-refractivity contribution is 8.01. The predicted molar refractivity (Wildman–Crippen MR) is 91.3 cm³/mol. The fourth-order valence-electron chi connectivity index (χ4n) is 3.95. The van der Waals surface area contributed by atoms with Crippen LogP contribution in [0.5, 0.6) is 0 Å². The number of nitrogens with one attached hydrogen (secondary N) is 1. The first-order valence-corrected chi connectivity index (χ1v) is 9.73. The van der Waals surface area contributed by atoms with Crippen LogP contribution in [0.1, 0.15) is 51.9 Å². The summed E-state index contributed by atoms with van der Waals surface area (Å²) < 4.78 is 5.15. The average molecular weight is 365 g/mol. The minimum absolute atomic E-state index is 0.0375. The van der Waals surface area contributed by atoms with Gasteiger partial charge in [0.2, 0.25) is 5.91 Å². The summed E-state index contributed by atoms with van der Waals surface area (Å²) in [6.07, 6.45) is 5.30. The van der Waals surface area contributed by atoms with Crippen LogP contribution in [0, 0.1) is 11.3 Å².